The van der Waals surface area contributed by atoms with Crippen LogP contribution in [0.15, 0.2) is 0 Å². The Hall–Kier alpha value is -1.26. The Labute approximate surface area is 115 Å². The Bertz CT molecular complexity index is 358. The average Bonchev–Trinajstić information content (AvgIpc) is 2.55. The van der Waals surface area contributed by atoms with E-state index in [1.54, 1.807) is 4.90 Å². The lowest BCUT2D eigenvalue weighted by molar-refractivity contribution is -0.138. The zero-order chi connectivity index (χ0) is 14.8. The van der Waals surface area contributed by atoms with Crippen molar-refractivity contribution in [2.45, 2.75) is 53.5 Å². The molecule has 0 spiro atoms. The molecule has 2 amide bonds. The number of carboxylic acids is 1. The molecule has 1 aliphatic rings. The third-order valence-electron chi connectivity index (χ3n) is 3.69. The smallest absolute Gasteiger partial charge is 0.317 e. The molecule has 1 fully saturated rings. The maximum atomic E-state index is 12.2. The van der Waals surface area contributed by atoms with E-state index >= 15 is 0 Å². The molecule has 0 aromatic carbocycles. The number of carbonyl (C=O) groups excluding carboxylic acids is 1. The summed E-state index contributed by atoms with van der Waals surface area (Å²) in [6.45, 7) is 11.6. The summed E-state index contributed by atoms with van der Waals surface area (Å²) in [5.74, 6) is -0.887. The summed E-state index contributed by atoms with van der Waals surface area (Å²) in [5.41, 5.74) is -0.120. The van der Waals surface area contributed by atoms with Crippen LogP contribution in [-0.2, 0) is 4.79 Å². The first kappa shape index (κ1) is 15.8. The number of nitrogens with one attached hydrogen (secondary N) is 1. The lowest BCUT2D eigenvalue weighted by Crippen LogP contribution is -2.50. The van der Waals surface area contributed by atoms with Crippen molar-refractivity contribution in [1.82, 2.24) is 10.2 Å². The third kappa shape index (κ3) is 4.73. The van der Waals surface area contributed by atoms with Crippen LogP contribution in [0.2, 0.25) is 0 Å². The van der Waals surface area contributed by atoms with Gasteiger partial charge in [-0.2, -0.15) is 0 Å². The minimum absolute atomic E-state index is 0.0491. The first-order valence-electron chi connectivity index (χ1n) is 6.78. The Morgan fingerprint density at radius 2 is 1.95 bits per heavy atom. The molecule has 5 nitrogen and oxygen atoms in total. The van der Waals surface area contributed by atoms with Crippen molar-refractivity contribution in [2.24, 2.45) is 10.8 Å². The van der Waals surface area contributed by atoms with Crippen LogP contribution in [0.4, 0.5) is 4.79 Å². The van der Waals surface area contributed by atoms with E-state index in [-0.39, 0.29) is 29.3 Å². The van der Waals surface area contributed by atoms with E-state index in [0.29, 0.717) is 0 Å². The van der Waals surface area contributed by atoms with Gasteiger partial charge < -0.3 is 15.3 Å². The number of carbonyl (C=O) groups is 2. The Balaban J connectivity index is 2.64. The molecule has 1 aliphatic heterocycles. The molecule has 0 aliphatic carbocycles. The summed E-state index contributed by atoms with van der Waals surface area (Å²) in [4.78, 5) is 24.9. The van der Waals surface area contributed by atoms with Gasteiger partial charge in [-0.15, -0.1) is 0 Å². The molecule has 0 bridgehead atoms. The lowest BCUT2D eigenvalue weighted by Gasteiger charge is -2.32. The van der Waals surface area contributed by atoms with Crippen LogP contribution < -0.4 is 5.32 Å². The highest BCUT2D eigenvalue weighted by Crippen LogP contribution is 2.29. The van der Waals surface area contributed by atoms with E-state index in [4.69, 9.17) is 5.11 Å². The van der Waals surface area contributed by atoms with E-state index in [9.17, 15) is 9.59 Å². The Morgan fingerprint density at radius 3 is 2.32 bits per heavy atom. The van der Waals surface area contributed by atoms with Gasteiger partial charge in [-0.25, -0.2) is 4.79 Å². The number of urea groups is 1. The highest BCUT2D eigenvalue weighted by molar-refractivity contribution is 5.76. The van der Waals surface area contributed by atoms with Crippen molar-refractivity contribution in [3.8, 4) is 0 Å². The highest BCUT2D eigenvalue weighted by atomic mass is 16.4. The molecule has 5 heteroatoms. The lowest BCUT2D eigenvalue weighted by atomic mass is 9.85. The third-order valence-corrected chi connectivity index (χ3v) is 3.69. The average molecular weight is 270 g/mol. The van der Waals surface area contributed by atoms with Gasteiger partial charge in [-0.1, -0.05) is 34.6 Å². The van der Waals surface area contributed by atoms with Crippen LogP contribution in [0.25, 0.3) is 0 Å². The van der Waals surface area contributed by atoms with Crippen LogP contribution in [0.5, 0.6) is 0 Å². The fourth-order valence-corrected chi connectivity index (χ4v) is 2.27. The maximum absolute atomic E-state index is 12.2. The number of amides is 2. The number of carboxylic acid groups (broad SMARTS) is 1. The summed E-state index contributed by atoms with van der Waals surface area (Å²) in [7, 11) is 0. The van der Waals surface area contributed by atoms with Gasteiger partial charge in [0.2, 0.25) is 0 Å². The first-order chi connectivity index (χ1) is 8.51. The Kier molecular flexibility index (Phi) is 4.48. The largest absolute Gasteiger partial charge is 0.481 e. The van der Waals surface area contributed by atoms with Gasteiger partial charge in [0.25, 0.3) is 0 Å². The number of likely N-dealkylation sites (tertiary alicyclic amines) is 1. The second-order valence-electron chi connectivity index (χ2n) is 7.30. The SMILES string of the molecule is CC1(C)CCN(C(=O)NC(CC(=O)O)C(C)(C)C)C1. The Morgan fingerprint density at radius 1 is 1.37 bits per heavy atom. The second kappa shape index (κ2) is 5.39. The summed E-state index contributed by atoms with van der Waals surface area (Å²) >= 11 is 0. The molecular formula is C14H26N2O3. The van der Waals surface area contributed by atoms with Crippen LogP contribution >= 0.6 is 0 Å². The monoisotopic (exact) mass is 270 g/mol. The van der Waals surface area contributed by atoms with Gasteiger partial charge in [0.15, 0.2) is 0 Å². The second-order valence-corrected chi connectivity index (χ2v) is 7.30. The summed E-state index contributed by atoms with van der Waals surface area (Å²) in [5, 5.41) is 11.8. The van der Waals surface area contributed by atoms with Crippen molar-refractivity contribution in [1.29, 1.82) is 0 Å². The van der Waals surface area contributed by atoms with Crippen molar-refractivity contribution < 1.29 is 14.7 Å². The molecule has 1 unspecified atom stereocenters. The van der Waals surface area contributed by atoms with Crippen LogP contribution in [0.3, 0.4) is 0 Å². The quantitative estimate of drug-likeness (QED) is 0.827. The molecule has 1 rings (SSSR count). The number of aliphatic carboxylic acids is 1. The van der Waals surface area contributed by atoms with Crippen LogP contribution in [0.1, 0.15) is 47.5 Å². The summed E-state index contributed by atoms with van der Waals surface area (Å²) < 4.78 is 0. The van der Waals surface area contributed by atoms with Gasteiger partial charge >= 0.3 is 12.0 Å². The van der Waals surface area contributed by atoms with E-state index in [0.717, 1.165) is 19.5 Å². The summed E-state index contributed by atoms with van der Waals surface area (Å²) in [6, 6.07) is -0.507. The van der Waals surface area contributed by atoms with E-state index in [1.807, 2.05) is 20.8 Å². The standard InChI is InChI=1S/C14H26N2O3/c1-13(2,3)10(8-11(17)18)15-12(19)16-7-6-14(4,5)9-16/h10H,6-9H2,1-5H3,(H,15,19)(H,17,18). The maximum Gasteiger partial charge on any atom is 0.317 e. The molecule has 1 atom stereocenters. The predicted octanol–water partition coefficient (Wildman–Crippen LogP) is 2.32. The van der Waals surface area contributed by atoms with E-state index in [2.05, 4.69) is 19.2 Å². The topological polar surface area (TPSA) is 69.6 Å². The first-order valence-corrected chi connectivity index (χ1v) is 6.78. The minimum atomic E-state index is -0.887. The molecule has 110 valence electrons. The zero-order valence-electron chi connectivity index (χ0n) is 12.6. The molecule has 1 heterocycles. The predicted molar refractivity (Wildman–Crippen MR) is 74.0 cm³/mol. The molecule has 19 heavy (non-hydrogen) atoms. The van der Waals surface area contributed by atoms with Crippen molar-refractivity contribution in [3.05, 3.63) is 0 Å². The van der Waals surface area contributed by atoms with Crippen molar-refractivity contribution >= 4 is 12.0 Å². The van der Waals surface area contributed by atoms with Gasteiger partial charge in [0.1, 0.15) is 0 Å². The molecule has 0 aromatic rings. The number of rotatable bonds is 3. The van der Waals surface area contributed by atoms with Crippen LogP contribution in [0, 0.1) is 10.8 Å². The number of hydrogen-bond acceptors (Lipinski definition) is 2. The van der Waals surface area contributed by atoms with Crippen molar-refractivity contribution in [2.75, 3.05) is 13.1 Å². The van der Waals surface area contributed by atoms with Crippen LogP contribution in [-0.4, -0.2) is 41.1 Å². The van der Waals surface area contributed by atoms with E-state index < -0.39 is 5.97 Å². The van der Waals surface area contributed by atoms with Gasteiger partial charge in [-0.3, -0.25) is 4.79 Å². The minimum Gasteiger partial charge on any atom is -0.481 e. The number of nitrogens with zero attached hydrogens (tertiary/aromatic N) is 1. The molecule has 1 saturated heterocycles. The van der Waals surface area contributed by atoms with E-state index in [1.165, 1.54) is 0 Å². The molecular weight excluding hydrogens is 244 g/mol. The normalized spacial score (nSPS) is 20.2. The highest BCUT2D eigenvalue weighted by Gasteiger charge is 2.35. The molecule has 0 saturated carbocycles. The number of hydrogen-bond donors (Lipinski definition) is 2. The van der Waals surface area contributed by atoms with Gasteiger partial charge in [0.05, 0.1) is 6.42 Å². The molecule has 0 radical (unpaired) electrons. The fraction of sp³-hybridized carbons (Fsp3) is 0.857. The summed E-state index contributed by atoms with van der Waals surface area (Å²) in [6.07, 6.45) is 0.937. The fourth-order valence-electron chi connectivity index (χ4n) is 2.27. The van der Waals surface area contributed by atoms with Gasteiger partial charge in [0, 0.05) is 19.1 Å². The van der Waals surface area contributed by atoms with Crippen molar-refractivity contribution in [3.63, 3.8) is 0 Å². The van der Waals surface area contributed by atoms with Gasteiger partial charge in [-0.05, 0) is 17.3 Å². The molecule has 0 aromatic heterocycles. The zero-order valence-corrected chi connectivity index (χ0v) is 12.6. The molecule has 2 N–H and O–H groups in total.